The van der Waals surface area contributed by atoms with E-state index >= 15 is 0 Å². The van der Waals surface area contributed by atoms with Gasteiger partial charge in [0.05, 0.1) is 11.1 Å². The van der Waals surface area contributed by atoms with Crippen molar-refractivity contribution in [2.75, 3.05) is 6.79 Å². The van der Waals surface area contributed by atoms with Crippen molar-refractivity contribution in [2.24, 2.45) is 0 Å². The van der Waals surface area contributed by atoms with E-state index in [1.807, 2.05) is 24.3 Å². The van der Waals surface area contributed by atoms with E-state index in [2.05, 4.69) is 9.72 Å². The number of para-hydroxylation sites is 1. The van der Waals surface area contributed by atoms with Crippen molar-refractivity contribution in [3.05, 3.63) is 42.1 Å². The fourth-order valence-electron chi connectivity index (χ4n) is 1.43. The van der Waals surface area contributed by atoms with Crippen LogP contribution in [0, 0.1) is 0 Å². The van der Waals surface area contributed by atoms with Crippen LogP contribution in [0.2, 0.25) is 0 Å². The smallest absolute Gasteiger partial charge is 0.342 e. The number of esters is 2. The third-order valence-corrected chi connectivity index (χ3v) is 2.28. The number of pyridine rings is 1. The van der Waals surface area contributed by atoms with E-state index in [1.165, 1.54) is 13.1 Å². The summed E-state index contributed by atoms with van der Waals surface area (Å²) in [4.78, 5) is 26.3. The maximum atomic E-state index is 11.6. The molecule has 92 valence electrons. The minimum atomic E-state index is -0.575. The molecule has 0 aliphatic carbocycles. The average Bonchev–Trinajstić information content (AvgIpc) is 2.37. The molecule has 0 saturated carbocycles. The SMILES string of the molecule is CC(=O)OCOC(=O)c1cnc2ccccc2c1. The minimum Gasteiger partial charge on any atom is -0.428 e. The quantitative estimate of drug-likeness (QED) is 0.610. The van der Waals surface area contributed by atoms with Crippen LogP contribution in [0.1, 0.15) is 17.3 Å². The first-order valence-electron chi connectivity index (χ1n) is 5.32. The van der Waals surface area contributed by atoms with Crippen LogP contribution in [0.4, 0.5) is 0 Å². The minimum absolute atomic E-state index is 0.320. The molecule has 0 aliphatic rings. The van der Waals surface area contributed by atoms with Gasteiger partial charge < -0.3 is 9.47 Å². The number of nitrogens with zero attached hydrogens (tertiary/aromatic N) is 1. The van der Waals surface area contributed by atoms with Crippen LogP contribution in [0.3, 0.4) is 0 Å². The van der Waals surface area contributed by atoms with Gasteiger partial charge in [-0.25, -0.2) is 4.79 Å². The van der Waals surface area contributed by atoms with E-state index in [0.717, 1.165) is 10.9 Å². The third kappa shape index (κ3) is 2.82. The van der Waals surface area contributed by atoms with Crippen molar-refractivity contribution in [3.8, 4) is 0 Å². The van der Waals surface area contributed by atoms with Gasteiger partial charge in [0.1, 0.15) is 0 Å². The summed E-state index contributed by atoms with van der Waals surface area (Å²) in [5, 5.41) is 0.847. The predicted octanol–water partition coefficient (Wildman–Crippen LogP) is 1.91. The molecule has 5 heteroatoms. The molecule has 0 fully saturated rings. The predicted molar refractivity (Wildman–Crippen MR) is 63.8 cm³/mol. The fourth-order valence-corrected chi connectivity index (χ4v) is 1.43. The van der Waals surface area contributed by atoms with Crippen molar-refractivity contribution < 1.29 is 19.1 Å². The molecule has 5 nitrogen and oxygen atoms in total. The lowest BCUT2D eigenvalue weighted by atomic mass is 10.2. The summed E-state index contributed by atoms with van der Waals surface area (Å²) in [5.74, 6) is -1.08. The monoisotopic (exact) mass is 245 g/mol. The van der Waals surface area contributed by atoms with Gasteiger partial charge in [-0.2, -0.15) is 0 Å². The first-order valence-corrected chi connectivity index (χ1v) is 5.32. The number of hydrogen-bond acceptors (Lipinski definition) is 5. The number of carbonyl (C=O) groups is 2. The van der Waals surface area contributed by atoms with Crippen molar-refractivity contribution in [3.63, 3.8) is 0 Å². The van der Waals surface area contributed by atoms with E-state index in [4.69, 9.17) is 4.74 Å². The van der Waals surface area contributed by atoms with Gasteiger partial charge in [-0.15, -0.1) is 0 Å². The number of ether oxygens (including phenoxy) is 2. The van der Waals surface area contributed by atoms with E-state index in [0.29, 0.717) is 5.56 Å². The molecular formula is C13H11NO4. The molecule has 18 heavy (non-hydrogen) atoms. The standard InChI is InChI=1S/C13H11NO4/c1-9(15)17-8-18-13(16)11-6-10-4-2-3-5-12(10)14-7-11/h2-7H,8H2,1H3. The Labute approximate surface area is 103 Å². The van der Waals surface area contributed by atoms with Crippen molar-refractivity contribution >= 4 is 22.8 Å². The molecule has 1 aromatic carbocycles. The summed E-state index contributed by atoms with van der Waals surface area (Å²) < 4.78 is 9.28. The molecule has 2 rings (SSSR count). The topological polar surface area (TPSA) is 65.5 Å². The second-order valence-electron chi connectivity index (χ2n) is 3.60. The Morgan fingerprint density at radius 3 is 2.78 bits per heavy atom. The van der Waals surface area contributed by atoms with Gasteiger partial charge in [-0.05, 0) is 12.1 Å². The molecule has 0 amide bonds. The summed E-state index contributed by atoms with van der Waals surface area (Å²) in [6.07, 6.45) is 1.43. The molecule has 1 aromatic heterocycles. The zero-order chi connectivity index (χ0) is 13.0. The molecule has 0 atom stereocenters. The highest BCUT2D eigenvalue weighted by atomic mass is 16.7. The second kappa shape index (κ2) is 5.27. The highest BCUT2D eigenvalue weighted by Gasteiger charge is 2.09. The number of carbonyl (C=O) groups excluding carboxylic acids is 2. The molecule has 0 radical (unpaired) electrons. The lowest BCUT2D eigenvalue weighted by molar-refractivity contribution is -0.149. The van der Waals surface area contributed by atoms with Gasteiger partial charge in [0.2, 0.25) is 6.79 Å². The highest BCUT2D eigenvalue weighted by molar-refractivity contribution is 5.93. The van der Waals surface area contributed by atoms with Crippen LogP contribution < -0.4 is 0 Å². The van der Waals surface area contributed by atoms with Crippen molar-refractivity contribution in [1.29, 1.82) is 0 Å². The van der Waals surface area contributed by atoms with E-state index < -0.39 is 11.9 Å². The summed E-state index contributed by atoms with van der Waals surface area (Å²) in [5.41, 5.74) is 1.12. The van der Waals surface area contributed by atoms with Crippen molar-refractivity contribution in [1.82, 2.24) is 4.98 Å². The Morgan fingerprint density at radius 1 is 1.22 bits per heavy atom. The Hall–Kier alpha value is -2.43. The number of fused-ring (bicyclic) bond motifs is 1. The zero-order valence-electron chi connectivity index (χ0n) is 9.75. The maximum absolute atomic E-state index is 11.6. The molecule has 0 N–H and O–H groups in total. The average molecular weight is 245 g/mol. The third-order valence-electron chi connectivity index (χ3n) is 2.28. The molecular weight excluding hydrogens is 234 g/mol. The molecule has 0 unspecified atom stereocenters. The lowest BCUT2D eigenvalue weighted by Gasteiger charge is -2.05. The van der Waals surface area contributed by atoms with E-state index in [-0.39, 0.29) is 6.79 Å². The van der Waals surface area contributed by atoms with Crippen LogP contribution in [0.25, 0.3) is 10.9 Å². The summed E-state index contributed by atoms with van der Waals surface area (Å²) in [7, 11) is 0. The summed E-state index contributed by atoms with van der Waals surface area (Å²) in [6.45, 7) is 0.854. The second-order valence-corrected chi connectivity index (χ2v) is 3.60. The van der Waals surface area contributed by atoms with Gasteiger partial charge in [-0.3, -0.25) is 9.78 Å². The molecule has 0 bridgehead atoms. The van der Waals surface area contributed by atoms with Gasteiger partial charge in [0.15, 0.2) is 0 Å². The molecule has 0 spiro atoms. The normalized spacial score (nSPS) is 10.1. The molecule has 2 aromatic rings. The summed E-state index contributed by atoms with van der Waals surface area (Å²) in [6, 6.07) is 9.11. The van der Waals surface area contributed by atoms with Crippen LogP contribution in [-0.4, -0.2) is 23.7 Å². The van der Waals surface area contributed by atoms with Gasteiger partial charge >= 0.3 is 11.9 Å². The number of aromatic nitrogens is 1. The van der Waals surface area contributed by atoms with Crippen molar-refractivity contribution in [2.45, 2.75) is 6.92 Å². The number of hydrogen-bond donors (Lipinski definition) is 0. The van der Waals surface area contributed by atoms with Gasteiger partial charge in [0, 0.05) is 18.5 Å². The van der Waals surface area contributed by atoms with Gasteiger partial charge in [-0.1, -0.05) is 18.2 Å². The zero-order valence-corrected chi connectivity index (χ0v) is 9.75. The Balaban J connectivity index is 2.10. The van der Waals surface area contributed by atoms with Crippen LogP contribution in [-0.2, 0) is 14.3 Å². The summed E-state index contributed by atoms with van der Waals surface area (Å²) >= 11 is 0. The largest absolute Gasteiger partial charge is 0.428 e. The Morgan fingerprint density at radius 2 is 2.00 bits per heavy atom. The fraction of sp³-hybridized carbons (Fsp3) is 0.154. The maximum Gasteiger partial charge on any atom is 0.342 e. The van der Waals surface area contributed by atoms with E-state index in [9.17, 15) is 9.59 Å². The molecule has 0 saturated heterocycles. The molecule has 0 aliphatic heterocycles. The Kier molecular flexibility index (Phi) is 3.52. The van der Waals surface area contributed by atoms with Crippen LogP contribution in [0.15, 0.2) is 36.5 Å². The first-order chi connectivity index (χ1) is 8.66. The number of rotatable bonds is 3. The Bertz CT molecular complexity index is 594. The van der Waals surface area contributed by atoms with E-state index in [1.54, 1.807) is 6.07 Å². The highest BCUT2D eigenvalue weighted by Crippen LogP contribution is 2.13. The van der Waals surface area contributed by atoms with Crippen LogP contribution in [0.5, 0.6) is 0 Å². The molecule has 1 heterocycles. The van der Waals surface area contributed by atoms with Gasteiger partial charge in [0.25, 0.3) is 0 Å². The lowest BCUT2D eigenvalue weighted by Crippen LogP contribution is -2.11. The number of benzene rings is 1. The first kappa shape index (κ1) is 12.0. The van der Waals surface area contributed by atoms with Crippen LogP contribution >= 0.6 is 0 Å².